The number of carboxylic acid groups (broad SMARTS) is 1. The molecule has 0 saturated heterocycles. The summed E-state index contributed by atoms with van der Waals surface area (Å²) in [5.74, 6) is -16.1. The standard InChI is InChI=1S/C96H186N32O17/c1-53(2)45-61(101)77(129)114-66(33-25-41-110-93(102)103)78(130)115-62(29-17-21-37-97)82(134)122-70(46-54(3)4)86(138)119-67(34-26-42-111-94(104)105)79(131)117-64(31-19-23-39-99)84(136)124-73(49-57(9)10)89(141)127-74(50-58(11)12)90(142)126-72(48-56(7)8)88(140)121-69(36-28-44-113-96(108)109)81(133)116-63(30-18-22-38-98)83(135)123-71(47-55(5)6)87(139)120-68(35-27-43-112-95(106)107)80(132)118-65(32-20-24-40-100)85(137)125-75(51-59(13)14)91(143)128-76(92(144)145)52-60(15)16/h53-76H,17-52,97-101H2,1-16H3,(H,114,129)(H,115,130)(H,116,133)(H,117,131)(H,118,132)(H,119,138)(H,120,139)(H,121,140)(H,122,134)(H,123,135)(H,124,136)(H,125,137)(H,126,142)(H,127,141)(H,128,143)(H,144,145)(H4,102,103,110)(H4,104,105,111)(H4,106,107,112)(H4,108,109,113)/t61-,62-,63-,64-,65-,66-,67-,68-,69-,70-,71-,72-,73-,74-,75-,76-/m0/s1. The molecular formula is C96H186N32O17. The Balaban J connectivity index is 7.85. The number of unbranched alkanes of at least 4 members (excludes halogenated alkanes) is 4. The van der Waals surface area contributed by atoms with Crippen molar-refractivity contribution < 1.29 is 81.8 Å². The van der Waals surface area contributed by atoms with Gasteiger partial charge in [0.25, 0.3) is 0 Å². The zero-order chi connectivity index (χ0) is 110. The Kier molecular flexibility index (Phi) is 68.4. The minimum atomic E-state index is -1.48. The van der Waals surface area contributed by atoms with Gasteiger partial charge in [-0.15, -0.1) is 0 Å². The fourth-order valence-corrected chi connectivity index (χ4v) is 15.8. The summed E-state index contributed by atoms with van der Waals surface area (Å²) in [5, 5.41) is 51.4. The minimum absolute atomic E-state index is 0.00294. The maximum atomic E-state index is 15.1. The highest BCUT2D eigenvalue weighted by molar-refractivity contribution is 6.01. The molecule has 0 radical (unpaired) electrons. The van der Waals surface area contributed by atoms with E-state index in [0.29, 0.717) is 44.9 Å². The molecule has 832 valence electrons. The monoisotopic (exact) mass is 2060 g/mol. The molecule has 0 aliphatic heterocycles. The molecule has 49 nitrogen and oxygen atoms in total. The Labute approximate surface area is 857 Å². The van der Waals surface area contributed by atoms with E-state index in [2.05, 4.69) is 99.7 Å². The highest BCUT2D eigenvalue weighted by Gasteiger charge is 2.41. The first-order valence-corrected chi connectivity index (χ1v) is 51.7. The SMILES string of the molecule is CC(C)C[C@H](NC(=O)[C@H](CC(C)C)NC(=O)[C@H](CCCCN)NC(=O)[C@H](CCCN=C(N)N)NC(=O)[C@H](CC(C)C)NC(=O)[C@H](CCCCN)NC(=O)[C@H](CCCN=C(N)N)NC(=O)[C@H](CC(C)C)NC(=O)[C@H](CC(C)C)NC(=O)[C@H](CC(C)C)NC(=O)[C@H](CCCCN)NC(=O)[C@H](CCCN=C(N)N)NC(=O)[C@H](CC(C)C)NC(=O)[C@H](CCCCN)NC(=O)[C@H](CCCN=C(N)N)NC(=O)[C@@H](N)CC(C)C)C(=O)O. The van der Waals surface area contributed by atoms with Crippen molar-refractivity contribution in [3.05, 3.63) is 0 Å². The largest absolute Gasteiger partial charge is 0.480 e. The number of carbonyl (C=O) groups is 16. The summed E-state index contributed by atoms with van der Waals surface area (Å²) in [5.41, 5.74) is 75.1. The highest BCUT2D eigenvalue weighted by atomic mass is 16.4. The third-order valence-electron chi connectivity index (χ3n) is 23.1. The van der Waals surface area contributed by atoms with Crippen molar-refractivity contribution in [3.63, 3.8) is 0 Å². The number of aliphatic carboxylic acids is 1. The van der Waals surface area contributed by atoms with E-state index in [-0.39, 0.29) is 258 Å². The maximum absolute atomic E-state index is 15.1. The predicted octanol–water partition coefficient (Wildman–Crippen LogP) is -3.23. The van der Waals surface area contributed by atoms with Crippen LogP contribution in [0.4, 0.5) is 0 Å². The van der Waals surface area contributed by atoms with Gasteiger partial charge in [-0.25, -0.2) is 4.79 Å². The van der Waals surface area contributed by atoms with Gasteiger partial charge in [0.05, 0.1) is 6.04 Å². The van der Waals surface area contributed by atoms with E-state index in [1.807, 2.05) is 27.7 Å². The van der Waals surface area contributed by atoms with E-state index in [4.69, 9.17) is 74.5 Å². The Morgan fingerprint density at radius 3 is 0.469 bits per heavy atom. The van der Waals surface area contributed by atoms with Crippen molar-refractivity contribution in [3.8, 4) is 0 Å². The number of aliphatic imine (C=N–C) groups is 4. The van der Waals surface area contributed by atoms with Gasteiger partial charge in [-0.2, -0.15) is 0 Å². The van der Waals surface area contributed by atoms with Crippen LogP contribution in [0.15, 0.2) is 20.0 Å². The van der Waals surface area contributed by atoms with Gasteiger partial charge in [0.2, 0.25) is 88.6 Å². The molecule has 16 atom stereocenters. The van der Waals surface area contributed by atoms with E-state index < -0.39 is 191 Å². The second-order valence-corrected chi connectivity index (χ2v) is 40.8. The van der Waals surface area contributed by atoms with E-state index in [0.717, 1.165) is 0 Å². The van der Waals surface area contributed by atoms with Crippen LogP contribution in [0.5, 0.6) is 0 Å². The van der Waals surface area contributed by atoms with Crippen molar-refractivity contribution in [1.29, 1.82) is 0 Å². The van der Waals surface area contributed by atoms with E-state index >= 15 is 24.0 Å². The van der Waals surface area contributed by atoms with Gasteiger partial charge in [-0.1, -0.05) is 111 Å². The van der Waals surface area contributed by atoms with Crippen LogP contribution in [-0.2, 0) is 76.7 Å². The molecule has 0 aromatic heterocycles. The Hall–Kier alpha value is -11.6. The molecule has 0 aromatic rings. The number of nitrogens with two attached hydrogens (primary N) is 13. The second kappa shape index (κ2) is 74.3. The molecule has 49 heteroatoms. The molecule has 0 aliphatic carbocycles. The quantitative estimate of drug-likeness (QED) is 0.0162. The fraction of sp³-hybridized carbons (Fsp3) is 0.792. The molecule has 0 fully saturated rings. The average molecular weight is 2060 g/mol. The number of hydrogen-bond donors (Lipinski definition) is 29. The first-order chi connectivity index (χ1) is 68.1. The van der Waals surface area contributed by atoms with Crippen molar-refractivity contribution in [1.82, 2.24) is 79.8 Å². The number of guanidine groups is 4. The highest BCUT2D eigenvalue weighted by Crippen LogP contribution is 2.20. The zero-order valence-electron chi connectivity index (χ0n) is 89.1. The van der Waals surface area contributed by atoms with Crippen molar-refractivity contribution in [2.45, 2.75) is 387 Å². The van der Waals surface area contributed by atoms with E-state index in [1.54, 1.807) is 83.1 Å². The Morgan fingerprint density at radius 2 is 0.324 bits per heavy atom. The third kappa shape index (κ3) is 60.8. The predicted molar refractivity (Wildman–Crippen MR) is 561 cm³/mol. The average Bonchev–Trinajstić information content (AvgIpc) is 0.854. The lowest BCUT2D eigenvalue weighted by Crippen LogP contribution is -2.61. The van der Waals surface area contributed by atoms with Crippen molar-refractivity contribution in [2.75, 3.05) is 52.4 Å². The van der Waals surface area contributed by atoms with Crippen LogP contribution in [0.3, 0.4) is 0 Å². The van der Waals surface area contributed by atoms with Gasteiger partial charge in [0, 0.05) is 26.2 Å². The number of carboxylic acids is 1. The molecule has 0 heterocycles. The van der Waals surface area contributed by atoms with Gasteiger partial charge in [0.15, 0.2) is 23.8 Å². The van der Waals surface area contributed by atoms with Crippen LogP contribution in [0.25, 0.3) is 0 Å². The minimum Gasteiger partial charge on any atom is -0.480 e. The molecule has 0 saturated carbocycles. The number of nitrogens with zero attached hydrogens (tertiary/aromatic N) is 4. The number of nitrogens with one attached hydrogen (secondary N) is 15. The molecule has 0 aromatic carbocycles. The number of carbonyl (C=O) groups excluding carboxylic acids is 15. The van der Waals surface area contributed by atoms with Crippen molar-refractivity contribution in [2.24, 2.45) is 142 Å². The van der Waals surface area contributed by atoms with Crippen LogP contribution >= 0.6 is 0 Å². The lowest BCUT2D eigenvalue weighted by atomic mass is 9.98. The Bertz CT molecular complexity index is 4060. The van der Waals surface area contributed by atoms with Gasteiger partial charge >= 0.3 is 5.97 Å². The number of rotatable bonds is 79. The van der Waals surface area contributed by atoms with Gasteiger partial charge in [-0.3, -0.25) is 91.9 Å². The first kappa shape index (κ1) is 133. The molecule has 145 heavy (non-hydrogen) atoms. The maximum Gasteiger partial charge on any atom is 0.326 e. The Morgan fingerprint density at radius 1 is 0.193 bits per heavy atom. The molecular weight excluding hydrogens is 1870 g/mol. The van der Waals surface area contributed by atoms with Gasteiger partial charge in [0.1, 0.15) is 90.6 Å². The van der Waals surface area contributed by atoms with E-state index in [9.17, 15) is 57.8 Å². The number of amides is 15. The molecule has 0 unspecified atom stereocenters. The summed E-state index contributed by atoms with van der Waals surface area (Å²) < 4.78 is 0. The lowest BCUT2D eigenvalue weighted by molar-refractivity contribution is -0.143. The lowest BCUT2D eigenvalue weighted by Gasteiger charge is -2.30. The van der Waals surface area contributed by atoms with Crippen LogP contribution in [0.2, 0.25) is 0 Å². The fourth-order valence-electron chi connectivity index (χ4n) is 15.8. The molecule has 42 N–H and O–H groups in total. The van der Waals surface area contributed by atoms with Gasteiger partial charge in [-0.05, 0) is 253 Å². The molecule has 0 rings (SSSR count). The molecule has 0 aliphatic rings. The summed E-state index contributed by atoms with van der Waals surface area (Å²) in [6, 6.07) is -21.4. The topological polar surface area (TPSA) is 861 Å². The third-order valence-corrected chi connectivity index (χ3v) is 23.1. The summed E-state index contributed by atoms with van der Waals surface area (Å²) in [7, 11) is 0. The molecule has 0 bridgehead atoms. The molecule has 0 spiro atoms. The van der Waals surface area contributed by atoms with E-state index in [1.165, 1.54) is 0 Å². The summed E-state index contributed by atoms with van der Waals surface area (Å²) in [6.45, 7) is 29.7. The van der Waals surface area contributed by atoms with Crippen LogP contribution in [-0.4, -0.2) is 273 Å². The zero-order valence-corrected chi connectivity index (χ0v) is 89.1. The summed E-state index contributed by atoms with van der Waals surface area (Å²) in [4.78, 5) is 249. The second-order valence-electron chi connectivity index (χ2n) is 40.8. The van der Waals surface area contributed by atoms with Gasteiger partial charge < -0.3 is 159 Å². The summed E-state index contributed by atoms with van der Waals surface area (Å²) in [6.07, 6.45) is 3.37. The van der Waals surface area contributed by atoms with Crippen molar-refractivity contribution >= 4 is 118 Å². The normalized spacial score (nSPS) is 14.7. The summed E-state index contributed by atoms with van der Waals surface area (Å²) >= 11 is 0. The van der Waals surface area contributed by atoms with Crippen LogP contribution in [0, 0.1) is 47.3 Å². The van der Waals surface area contributed by atoms with Crippen LogP contribution in [0.1, 0.15) is 291 Å². The smallest absolute Gasteiger partial charge is 0.326 e. The number of hydrogen-bond acceptors (Lipinski definition) is 25. The first-order valence-electron chi connectivity index (χ1n) is 51.7. The van der Waals surface area contributed by atoms with Crippen LogP contribution < -0.4 is 154 Å². The molecule has 15 amide bonds.